The predicted octanol–water partition coefficient (Wildman–Crippen LogP) is 2.49. The normalized spacial score (nSPS) is 10.2. The van der Waals surface area contributed by atoms with Crippen molar-refractivity contribution in [2.45, 2.75) is 0 Å². The number of para-hydroxylation sites is 1. The second-order valence-corrected chi connectivity index (χ2v) is 3.94. The lowest BCUT2D eigenvalue weighted by Crippen LogP contribution is -2.19. The van der Waals surface area contributed by atoms with Crippen LogP contribution in [0, 0.1) is 0 Å². The van der Waals surface area contributed by atoms with Gasteiger partial charge in [-0.25, -0.2) is 4.79 Å². The number of halogens is 1. The van der Waals surface area contributed by atoms with E-state index in [0.29, 0.717) is 5.69 Å². The van der Waals surface area contributed by atoms with Crippen LogP contribution in [0.15, 0.2) is 34.9 Å². The third kappa shape index (κ3) is 2.07. The summed E-state index contributed by atoms with van der Waals surface area (Å²) in [5.74, 6) is 0. The van der Waals surface area contributed by atoms with E-state index in [9.17, 15) is 4.79 Å². The summed E-state index contributed by atoms with van der Waals surface area (Å²) < 4.78 is 0.895. The number of nitrogens with two attached hydrogens (primary N) is 1. The van der Waals surface area contributed by atoms with Crippen LogP contribution >= 0.6 is 15.9 Å². The molecule has 2 amide bonds. The lowest BCUT2D eigenvalue weighted by Gasteiger charge is -2.05. The number of carbonyl (C=O) groups is 1. The van der Waals surface area contributed by atoms with Crippen LogP contribution in [0.25, 0.3) is 10.9 Å². The van der Waals surface area contributed by atoms with Crippen LogP contribution < -0.4 is 11.1 Å². The zero-order valence-electron chi connectivity index (χ0n) is 7.70. The van der Waals surface area contributed by atoms with Crippen LogP contribution in [-0.4, -0.2) is 11.0 Å². The van der Waals surface area contributed by atoms with Crippen molar-refractivity contribution in [3.8, 4) is 0 Å². The third-order valence-corrected chi connectivity index (χ3v) is 2.37. The van der Waals surface area contributed by atoms with Crippen molar-refractivity contribution in [1.82, 2.24) is 4.98 Å². The molecule has 0 bridgehead atoms. The molecule has 0 saturated heterocycles. The average molecular weight is 266 g/mol. The Morgan fingerprint density at radius 2 is 2.27 bits per heavy atom. The number of urea groups is 1. The molecule has 1 heterocycles. The fourth-order valence-corrected chi connectivity index (χ4v) is 1.72. The Morgan fingerprint density at radius 3 is 3.00 bits per heavy atom. The molecule has 15 heavy (non-hydrogen) atoms. The quantitative estimate of drug-likeness (QED) is 0.832. The lowest BCUT2D eigenvalue weighted by atomic mass is 10.2. The molecule has 0 aliphatic heterocycles. The van der Waals surface area contributed by atoms with Gasteiger partial charge in [0.25, 0.3) is 0 Å². The van der Waals surface area contributed by atoms with Gasteiger partial charge in [0.05, 0.1) is 11.2 Å². The molecule has 3 N–H and O–H groups in total. The van der Waals surface area contributed by atoms with Gasteiger partial charge in [-0.15, -0.1) is 0 Å². The molecule has 5 heteroatoms. The standard InChI is InChI=1S/C10H8BrN3O/c11-7-4-6-2-1-3-8(14-10(12)15)9(6)13-5-7/h1-5H,(H3,12,14,15). The van der Waals surface area contributed by atoms with Gasteiger partial charge in [-0.05, 0) is 28.1 Å². The Bertz CT molecular complexity index is 527. The van der Waals surface area contributed by atoms with E-state index in [1.54, 1.807) is 12.3 Å². The van der Waals surface area contributed by atoms with E-state index >= 15 is 0 Å². The van der Waals surface area contributed by atoms with Gasteiger partial charge in [0.1, 0.15) is 0 Å². The highest BCUT2D eigenvalue weighted by molar-refractivity contribution is 9.10. The van der Waals surface area contributed by atoms with Gasteiger partial charge in [0.2, 0.25) is 0 Å². The first-order chi connectivity index (χ1) is 7.16. The van der Waals surface area contributed by atoms with Crippen molar-refractivity contribution in [3.05, 3.63) is 34.9 Å². The molecule has 0 aliphatic carbocycles. The molecule has 2 aromatic rings. The number of rotatable bonds is 1. The van der Waals surface area contributed by atoms with Gasteiger partial charge in [-0.1, -0.05) is 12.1 Å². The number of hydrogen-bond donors (Lipinski definition) is 2. The third-order valence-electron chi connectivity index (χ3n) is 1.94. The highest BCUT2D eigenvalue weighted by Crippen LogP contribution is 2.23. The minimum absolute atomic E-state index is 0.591. The van der Waals surface area contributed by atoms with Crippen LogP contribution in [0.1, 0.15) is 0 Å². The number of pyridine rings is 1. The van der Waals surface area contributed by atoms with Crippen LogP contribution in [0.5, 0.6) is 0 Å². The molecule has 0 aliphatic rings. The van der Waals surface area contributed by atoms with Gasteiger partial charge in [0, 0.05) is 16.1 Å². The Balaban J connectivity index is 2.60. The maximum absolute atomic E-state index is 10.8. The number of aromatic nitrogens is 1. The average Bonchev–Trinajstić information content (AvgIpc) is 2.16. The first kappa shape index (κ1) is 9.92. The van der Waals surface area contributed by atoms with Crippen LogP contribution in [0.3, 0.4) is 0 Å². The highest BCUT2D eigenvalue weighted by Gasteiger charge is 2.03. The molecule has 0 fully saturated rings. The molecule has 76 valence electrons. The Labute approximate surface area is 94.6 Å². The maximum atomic E-state index is 10.8. The summed E-state index contributed by atoms with van der Waals surface area (Å²) in [4.78, 5) is 15.0. The van der Waals surface area contributed by atoms with Crippen molar-refractivity contribution >= 4 is 38.6 Å². The number of benzene rings is 1. The van der Waals surface area contributed by atoms with E-state index in [2.05, 4.69) is 26.2 Å². The van der Waals surface area contributed by atoms with E-state index in [1.807, 2.05) is 18.2 Å². The molecular formula is C10H8BrN3O. The number of anilines is 1. The first-order valence-electron chi connectivity index (χ1n) is 4.27. The number of nitrogens with zero attached hydrogens (tertiary/aromatic N) is 1. The minimum atomic E-state index is -0.591. The fourth-order valence-electron chi connectivity index (χ4n) is 1.37. The fraction of sp³-hybridized carbons (Fsp3) is 0. The van der Waals surface area contributed by atoms with Crippen molar-refractivity contribution in [3.63, 3.8) is 0 Å². The zero-order chi connectivity index (χ0) is 10.8. The van der Waals surface area contributed by atoms with E-state index in [1.165, 1.54) is 0 Å². The van der Waals surface area contributed by atoms with Crippen LogP contribution in [0.2, 0.25) is 0 Å². The highest BCUT2D eigenvalue weighted by atomic mass is 79.9. The number of primary amides is 1. The van der Waals surface area contributed by atoms with Crippen molar-refractivity contribution < 1.29 is 4.79 Å². The molecule has 4 nitrogen and oxygen atoms in total. The van der Waals surface area contributed by atoms with Crippen LogP contribution in [-0.2, 0) is 0 Å². The number of hydrogen-bond acceptors (Lipinski definition) is 2. The van der Waals surface area contributed by atoms with Crippen molar-refractivity contribution in [2.75, 3.05) is 5.32 Å². The van der Waals surface area contributed by atoms with E-state index in [-0.39, 0.29) is 0 Å². The van der Waals surface area contributed by atoms with Crippen molar-refractivity contribution in [1.29, 1.82) is 0 Å². The molecule has 0 spiro atoms. The summed E-state index contributed by atoms with van der Waals surface area (Å²) in [5, 5.41) is 3.47. The number of nitrogens with one attached hydrogen (secondary N) is 1. The summed E-state index contributed by atoms with van der Waals surface area (Å²) in [7, 11) is 0. The Hall–Kier alpha value is -1.62. The van der Waals surface area contributed by atoms with Gasteiger partial charge in [0.15, 0.2) is 0 Å². The second kappa shape index (κ2) is 3.86. The first-order valence-corrected chi connectivity index (χ1v) is 5.07. The molecular weight excluding hydrogens is 258 g/mol. The molecule has 0 radical (unpaired) electrons. The Morgan fingerprint density at radius 1 is 1.47 bits per heavy atom. The largest absolute Gasteiger partial charge is 0.351 e. The summed E-state index contributed by atoms with van der Waals surface area (Å²) in [6, 6.07) is 6.84. The van der Waals surface area contributed by atoms with E-state index in [0.717, 1.165) is 15.4 Å². The SMILES string of the molecule is NC(=O)Nc1cccc2cc(Br)cnc12. The Kier molecular flexibility index (Phi) is 2.55. The number of fused-ring (bicyclic) bond motifs is 1. The maximum Gasteiger partial charge on any atom is 0.316 e. The topological polar surface area (TPSA) is 68.0 Å². The van der Waals surface area contributed by atoms with Gasteiger partial charge in [-0.3, -0.25) is 4.98 Å². The molecule has 2 rings (SSSR count). The van der Waals surface area contributed by atoms with Crippen molar-refractivity contribution in [2.24, 2.45) is 5.73 Å². The van der Waals surface area contributed by atoms with Gasteiger partial charge >= 0.3 is 6.03 Å². The molecule has 0 atom stereocenters. The van der Waals surface area contributed by atoms with E-state index in [4.69, 9.17) is 5.73 Å². The van der Waals surface area contributed by atoms with E-state index < -0.39 is 6.03 Å². The summed E-state index contributed by atoms with van der Waals surface area (Å²) in [5.41, 5.74) is 6.40. The monoisotopic (exact) mass is 265 g/mol. The summed E-state index contributed by atoms with van der Waals surface area (Å²) >= 11 is 3.33. The van der Waals surface area contributed by atoms with Gasteiger partial charge < -0.3 is 11.1 Å². The zero-order valence-corrected chi connectivity index (χ0v) is 9.28. The predicted molar refractivity (Wildman–Crippen MR) is 62.6 cm³/mol. The lowest BCUT2D eigenvalue weighted by molar-refractivity contribution is 0.259. The molecule has 0 saturated carbocycles. The summed E-state index contributed by atoms with van der Waals surface area (Å²) in [6.45, 7) is 0. The number of amides is 2. The second-order valence-electron chi connectivity index (χ2n) is 3.02. The molecule has 1 aromatic carbocycles. The molecule has 1 aromatic heterocycles. The smallest absolute Gasteiger partial charge is 0.316 e. The minimum Gasteiger partial charge on any atom is -0.351 e. The number of carbonyl (C=O) groups excluding carboxylic acids is 1. The molecule has 0 unspecified atom stereocenters. The summed E-state index contributed by atoms with van der Waals surface area (Å²) in [6.07, 6.45) is 1.68. The van der Waals surface area contributed by atoms with Crippen LogP contribution in [0.4, 0.5) is 10.5 Å². The van der Waals surface area contributed by atoms with Gasteiger partial charge in [-0.2, -0.15) is 0 Å².